The van der Waals surface area contributed by atoms with E-state index in [1.807, 2.05) is 24.3 Å². The summed E-state index contributed by atoms with van der Waals surface area (Å²) in [5.41, 5.74) is 1.15. The Bertz CT molecular complexity index is 478. The number of benzene rings is 1. The number of nitrogens with zero attached hydrogens (tertiary/aromatic N) is 1. The molecule has 130 valence electrons. The fraction of sp³-hybridized carbons (Fsp3) is 0.500. The average molecular weight is 435 g/mol. The highest BCUT2D eigenvalue weighted by Gasteiger charge is 2.01. The summed E-state index contributed by atoms with van der Waals surface area (Å²) in [6, 6.07) is 7.88. The number of carbonyl (C=O) groups excluding carboxylic acids is 1. The molecule has 2 N–H and O–H groups in total. The highest BCUT2D eigenvalue weighted by atomic mass is 127. The van der Waals surface area contributed by atoms with Gasteiger partial charge in [-0.3, -0.25) is 9.79 Å². The first kappa shape index (κ1) is 21.5. The fourth-order valence-electron chi connectivity index (χ4n) is 1.85. The Balaban J connectivity index is 0.00000484. The number of hydrogen-bond acceptors (Lipinski definition) is 4. The van der Waals surface area contributed by atoms with Gasteiger partial charge in [-0.1, -0.05) is 12.1 Å². The van der Waals surface area contributed by atoms with Gasteiger partial charge in [0.25, 0.3) is 0 Å². The zero-order valence-corrected chi connectivity index (χ0v) is 16.3. The van der Waals surface area contributed by atoms with Gasteiger partial charge in [-0.05, 0) is 30.5 Å². The standard InChI is InChI=1S/C16H25N3O3.HI/c1-17-16(18-11-5-4-6-15(20)22-3)19-12-13-7-9-14(21-2)10-8-13;/h7-10H,4-6,11-12H2,1-3H3,(H2,17,18,19);1H. The van der Waals surface area contributed by atoms with Crippen LogP contribution in [0.3, 0.4) is 0 Å². The van der Waals surface area contributed by atoms with E-state index in [0.717, 1.165) is 36.7 Å². The Morgan fingerprint density at radius 2 is 1.83 bits per heavy atom. The monoisotopic (exact) mass is 435 g/mol. The van der Waals surface area contributed by atoms with Gasteiger partial charge in [0.15, 0.2) is 5.96 Å². The second-order valence-electron chi connectivity index (χ2n) is 4.73. The molecule has 0 atom stereocenters. The molecule has 0 saturated carbocycles. The number of ether oxygens (including phenoxy) is 2. The molecule has 0 amide bonds. The van der Waals surface area contributed by atoms with E-state index in [9.17, 15) is 4.79 Å². The maximum Gasteiger partial charge on any atom is 0.305 e. The van der Waals surface area contributed by atoms with Crippen molar-refractivity contribution in [3.63, 3.8) is 0 Å². The lowest BCUT2D eigenvalue weighted by molar-refractivity contribution is -0.140. The number of carbonyl (C=O) groups is 1. The van der Waals surface area contributed by atoms with Gasteiger partial charge in [-0.2, -0.15) is 0 Å². The third kappa shape index (κ3) is 9.27. The smallest absolute Gasteiger partial charge is 0.305 e. The Hall–Kier alpha value is -1.51. The van der Waals surface area contributed by atoms with E-state index in [-0.39, 0.29) is 29.9 Å². The van der Waals surface area contributed by atoms with E-state index >= 15 is 0 Å². The van der Waals surface area contributed by atoms with Gasteiger partial charge in [-0.15, -0.1) is 24.0 Å². The maximum absolute atomic E-state index is 11.0. The number of rotatable bonds is 8. The molecule has 0 unspecified atom stereocenters. The van der Waals surface area contributed by atoms with Crippen LogP contribution in [-0.4, -0.2) is 39.7 Å². The molecule has 1 rings (SSSR count). The van der Waals surface area contributed by atoms with Gasteiger partial charge in [-0.25, -0.2) is 0 Å². The molecule has 0 spiro atoms. The summed E-state index contributed by atoms with van der Waals surface area (Å²) >= 11 is 0. The highest BCUT2D eigenvalue weighted by molar-refractivity contribution is 14.0. The van der Waals surface area contributed by atoms with E-state index < -0.39 is 0 Å². The number of methoxy groups -OCH3 is 2. The Kier molecular flexibility index (Phi) is 12.1. The zero-order valence-electron chi connectivity index (χ0n) is 13.9. The molecule has 0 radical (unpaired) electrons. The fourth-order valence-corrected chi connectivity index (χ4v) is 1.85. The molecule has 0 aliphatic carbocycles. The Labute approximate surface area is 155 Å². The van der Waals surface area contributed by atoms with Gasteiger partial charge in [0, 0.05) is 26.6 Å². The van der Waals surface area contributed by atoms with Crippen LogP contribution in [0.25, 0.3) is 0 Å². The summed E-state index contributed by atoms with van der Waals surface area (Å²) in [6.45, 7) is 1.45. The van der Waals surface area contributed by atoms with Gasteiger partial charge in [0.2, 0.25) is 0 Å². The van der Waals surface area contributed by atoms with Crippen molar-refractivity contribution in [1.29, 1.82) is 0 Å². The molecule has 0 aliphatic heterocycles. The van der Waals surface area contributed by atoms with Gasteiger partial charge in [0.1, 0.15) is 5.75 Å². The number of halogens is 1. The van der Waals surface area contributed by atoms with Crippen molar-refractivity contribution in [2.45, 2.75) is 25.8 Å². The first-order chi connectivity index (χ1) is 10.7. The molecule has 0 fully saturated rings. The highest BCUT2D eigenvalue weighted by Crippen LogP contribution is 2.10. The average Bonchev–Trinajstić information content (AvgIpc) is 2.57. The van der Waals surface area contributed by atoms with Crippen LogP contribution in [0, 0.1) is 0 Å². The second-order valence-corrected chi connectivity index (χ2v) is 4.73. The first-order valence-corrected chi connectivity index (χ1v) is 7.34. The van der Waals surface area contributed by atoms with E-state index in [2.05, 4.69) is 20.4 Å². The van der Waals surface area contributed by atoms with E-state index in [0.29, 0.717) is 13.0 Å². The van der Waals surface area contributed by atoms with Gasteiger partial charge in [0.05, 0.1) is 14.2 Å². The molecule has 1 aromatic rings. The van der Waals surface area contributed by atoms with E-state index in [1.54, 1.807) is 14.2 Å². The summed E-state index contributed by atoms with van der Waals surface area (Å²) in [5, 5.41) is 6.46. The SMILES string of the molecule is CN=C(NCCCCC(=O)OC)NCc1ccc(OC)cc1.I. The number of aliphatic imine (C=N–C) groups is 1. The minimum absolute atomic E-state index is 0. The van der Waals surface area contributed by atoms with Crippen LogP contribution in [0.4, 0.5) is 0 Å². The predicted molar refractivity (Wildman–Crippen MR) is 102 cm³/mol. The number of esters is 1. The molecule has 0 saturated heterocycles. The van der Waals surface area contributed by atoms with Crippen molar-refractivity contribution in [2.75, 3.05) is 27.8 Å². The first-order valence-electron chi connectivity index (χ1n) is 7.34. The number of hydrogen-bond donors (Lipinski definition) is 2. The molecule has 0 aromatic heterocycles. The van der Waals surface area contributed by atoms with E-state index in [4.69, 9.17) is 4.74 Å². The normalized spacial score (nSPS) is 10.5. The van der Waals surface area contributed by atoms with Crippen LogP contribution in [0.5, 0.6) is 5.75 Å². The molecule has 1 aromatic carbocycles. The number of guanidine groups is 1. The maximum atomic E-state index is 11.0. The molecule has 0 aliphatic rings. The zero-order chi connectivity index (χ0) is 16.2. The summed E-state index contributed by atoms with van der Waals surface area (Å²) in [6.07, 6.45) is 2.14. The summed E-state index contributed by atoms with van der Waals surface area (Å²) in [7, 11) is 4.79. The van der Waals surface area contributed by atoms with Crippen molar-refractivity contribution in [3.05, 3.63) is 29.8 Å². The lowest BCUT2D eigenvalue weighted by Crippen LogP contribution is -2.37. The Morgan fingerprint density at radius 1 is 1.13 bits per heavy atom. The van der Waals surface area contributed by atoms with Crippen LogP contribution in [-0.2, 0) is 16.1 Å². The summed E-state index contributed by atoms with van der Waals surface area (Å²) in [5.74, 6) is 1.42. The molecule has 6 nitrogen and oxygen atoms in total. The molecular weight excluding hydrogens is 409 g/mol. The van der Waals surface area contributed by atoms with Crippen molar-refractivity contribution in [2.24, 2.45) is 4.99 Å². The molecule has 0 bridgehead atoms. The van der Waals surface area contributed by atoms with Crippen LogP contribution < -0.4 is 15.4 Å². The van der Waals surface area contributed by atoms with Crippen LogP contribution in [0.15, 0.2) is 29.3 Å². The van der Waals surface area contributed by atoms with Crippen LogP contribution in [0.2, 0.25) is 0 Å². The molecule has 23 heavy (non-hydrogen) atoms. The van der Waals surface area contributed by atoms with Gasteiger partial charge >= 0.3 is 5.97 Å². The summed E-state index contributed by atoms with van der Waals surface area (Å²) in [4.78, 5) is 15.1. The van der Waals surface area contributed by atoms with Gasteiger partial charge < -0.3 is 20.1 Å². The third-order valence-electron chi connectivity index (χ3n) is 3.17. The Morgan fingerprint density at radius 3 is 2.39 bits per heavy atom. The van der Waals surface area contributed by atoms with Crippen molar-refractivity contribution >= 4 is 35.9 Å². The van der Waals surface area contributed by atoms with Crippen LogP contribution >= 0.6 is 24.0 Å². The second kappa shape index (κ2) is 13.0. The van der Waals surface area contributed by atoms with Crippen molar-refractivity contribution < 1.29 is 14.3 Å². The lowest BCUT2D eigenvalue weighted by atomic mass is 10.2. The summed E-state index contributed by atoms with van der Waals surface area (Å²) < 4.78 is 9.73. The molecule has 0 heterocycles. The minimum Gasteiger partial charge on any atom is -0.497 e. The van der Waals surface area contributed by atoms with E-state index in [1.165, 1.54) is 7.11 Å². The quantitative estimate of drug-likeness (QED) is 0.216. The largest absolute Gasteiger partial charge is 0.497 e. The van der Waals surface area contributed by atoms with Crippen molar-refractivity contribution in [1.82, 2.24) is 10.6 Å². The number of unbranched alkanes of at least 4 members (excludes halogenated alkanes) is 1. The molecular formula is C16H26IN3O3. The predicted octanol–water partition coefficient (Wildman–Crippen LogP) is 2.32. The topological polar surface area (TPSA) is 72.0 Å². The third-order valence-corrected chi connectivity index (χ3v) is 3.17. The lowest BCUT2D eigenvalue weighted by Gasteiger charge is -2.12. The van der Waals surface area contributed by atoms with Crippen LogP contribution in [0.1, 0.15) is 24.8 Å². The van der Waals surface area contributed by atoms with Crippen molar-refractivity contribution in [3.8, 4) is 5.75 Å². The minimum atomic E-state index is -0.165. The number of nitrogens with one attached hydrogen (secondary N) is 2. The molecule has 7 heteroatoms.